The van der Waals surface area contributed by atoms with Gasteiger partial charge in [-0.05, 0) is 24.6 Å². The van der Waals surface area contributed by atoms with Gasteiger partial charge < -0.3 is 16.0 Å². The summed E-state index contributed by atoms with van der Waals surface area (Å²) in [7, 11) is 0. The lowest BCUT2D eigenvalue weighted by molar-refractivity contribution is -0.115. The van der Waals surface area contributed by atoms with E-state index >= 15 is 0 Å². The molecule has 28 heavy (non-hydrogen) atoms. The number of benzene rings is 1. The number of nitrogens with zero attached hydrogens (tertiary/aromatic N) is 3. The summed E-state index contributed by atoms with van der Waals surface area (Å²) in [5.41, 5.74) is 1.51. The van der Waals surface area contributed by atoms with Crippen LogP contribution in [0.1, 0.15) is 31.9 Å². The molecule has 7 nitrogen and oxygen atoms in total. The predicted octanol–water partition coefficient (Wildman–Crippen LogP) is 4.28. The summed E-state index contributed by atoms with van der Waals surface area (Å²) < 4.78 is 13.2. The quantitative estimate of drug-likeness (QED) is 0.567. The van der Waals surface area contributed by atoms with Gasteiger partial charge in [-0.2, -0.15) is 0 Å². The van der Waals surface area contributed by atoms with Crippen LogP contribution >= 0.6 is 0 Å². The number of carbonyl (C=O) groups is 1. The number of hydrogen-bond donors (Lipinski definition) is 3. The van der Waals surface area contributed by atoms with Crippen molar-refractivity contribution in [3.05, 3.63) is 66.4 Å². The smallest absolute Gasteiger partial charge is 0.224 e. The minimum absolute atomic E-state index is 0.103. The van der Waals surface area contributed by atoms with Gasteiger partial charge in [0.15, 0.2) is 0 Å². The van der Waals surface area contributed by atoms with Crippen LogP contribution < -0.4 is 16.0 Å². The molecule has 0 saturated heterocycles. The Hall–Kier alpha value is -3.55. The molecule has 3 rings (SSSR count). The van der Waals surface area contributed by atoms with E-state index in [9.17, 15) is 9.18 Å². The highest BCUT2D eigenvalue weighted by Crippen LogP contribution is 2.24. The van der Waals surface area contributed by atoms with Gasteiger partial charge in [0, 0.05) is 42.7 Å². The molecule has 0 fully saturated rings. The molecule has 3 N–H and O–H groups in total. The lowest BCUT2D eigenvalue weighted by atomic mass is 10.1. The first-order chi connectivity index (χ1) is 13.5. The molecule has 0 radical (unpaired) electrons. The molecule has 8 heteroatoms. The van der Waals surface area contributed by atoms with Crippen molar-refractivity contribution in [1.29, 1.82) is 0 Å². The van der Waals surface area contributed by atoms with E-state index in [4.69, 9.17) is 0 Å². The van der Waals surface area contributed by atoms with Crippen LogP contribution in [0.3, 0.4) is 0 Å². The Bertz CT molecular complexity index is 933. The van der Waals surface area contributed by atoms with Gasteiger partial charge in [0.05, 0.1) is 6.20 Å². The van der Waals surface area contributed by atoms with E-state index in [0.717, 1.165) is 5.56 Å². The van der Waals surface area contributed by atoms with Crippen LogP contribution in [-0.2, 0) is 4.79 Å². The molecule has 1 unspecified atom stereocenters. The van der Waals surface area contributed by atoms with Crippen molar-refractivity contribution in [3.63, 3.8) is 0 Å². The molecule has 1 amide bonds. The average molecular weight is 380 g/mol. The van der Waals surface area contributed by atoms with Crippen LogP contribution in [0.15, 0.2) is 55.0 Å². The number of aromatic nitrogens is 3. The third-order valence-electron chi connectivity index (χ3n) is 3.98. The van der Waals surface area contributed by atoms with Crippen molar-refractivity contribution in [3.8, 4) is 0 Å². The molecule has 0 aliphatic carbocycles. The number of halogens is 1. The summed E-state index contributed by atoms with van der Waals surface area (Å²) in [4.78, 5) is 24.5. The van der Waals surface area contributed by atoms with E-state index in [1.807, 2.05) is 6.92 Å². The fourth-order valence-corrected chi connectivity index (χ4v) is 2.54. The van der Waals surface area contributed by atoms with Gasteiger partial charge in [-0.15, -0.1) is 0 Å². The Morgan fingerprint density at radius 1 is 1.11 bits per heavy atom. The molecule has 0 aliphatic rings. The zero-order valence-corrected chi connectivity index (χ0v) is 15.6. The van der Waals surface area contributed by atoms with Crippen LogP contribution in [0, 0.1) is 5.82 Å². The molecule has 0 spiro atoms. The van der Waals surface area contributed by atoms with Crippen LogP contribution in [-0.4, -0.2) is 20.9 Å². The second-order valence-corrected chi connectivity index (χ2v) is 6.16. The first-order valence-electron chi connectivity index (χ1n) is 8.90. The Balaban J connectivity index is 1.85. The molecule has 1 aromatic carbocycles. The van der Waals surface area contributed by atoms with Gasteiger partial charge >= 0.3 is 0 Å². The predicted molar refractivity (Wildman–Crippen MR) is 107 cm³/mol. The highest BCUT2D eigenvalue weighted by molar-refractivity contribution is 5.91. The van der Waals surface area contributed by atoms with Gasteiger partial charge in [-0.1, -0.05) is 19.1 Å². The fraction of sp³-hybridized carbons (Fsp3) is 0.200. The van der Waals surface area contributed by atoms with Crippen molar-refractivity contribution >= 4 is 29.0 Å². The summed E-state index contributed by atoms with van der Waals surface area (Å²) in [5.74, 6) is 1.20. The summed E-state index contributed by atoms with van der Waals surface area (Å²) in [6.07, 6.45) is 5.09. The molecule has 0 saturated carbocycles. The zero-order chi connectivity index (χ0) is 19.9. The zero-order valence-electron chi connectivity index (χ0n) is 15.6. The molecular formula is C20H21FN6O. The van der Waals surface area contributed by atoms with Crippen molar-refractivity contribution in [2.24, 2.45) is 0 Å². The Labute approximate surface area is 162 Å². The standard InChI is InChI=1S/C20H21FN6O/c1-3-20(28)25-16-10-17(24-13(2)14-4-6-15(21)7-5-14)26-18(11-16)27-19-12-22-8-9-23-19/h4-13H,3H2,1-2H3,(H3,23,24,25,26,27,28). The van der Waals surface area contributed by atoms with E-state index in [1.54, 1.807) is 49.8 Å². The molecule has 0 bridgehead atoms. The second kappa shape index (κ2) is 8.90. The summed E-state index contributed by atoms with van der Waals surface area (Å²) in [5, 5.41) is 9.18. The number of anilines is 4. The molecule has 2 heterocycles. The minimum atomic E-state index is -0.284. The monoisotopic (exact) mass is 380 g/mol. The van der Waals surface area contributed by atoms with Crippen LogP contribution in [0.5, 0.6) is 0 Å². The average Bonchev–Trinajstić information content (AvgIpc) is 2.69. The largest absolute Gasteiger partial charge is 0.363 e. The van der Waals surface area contributed by atoms with Gasteiger partial charge in [0.2, 0.25) is 5.91 Å². The maximum Gasteiger partial charge on any atom is 0.224 e. The molecule has 3 aromatic rings. The summed E-state index contributed by atoms with van der Waals surface area (Å²) in [6.45, 7) is 3.73. The van der Waals surface area contributed by atoms with Gasteiger partial charge in [0.1, 0.15) is 23.3 Å². The van der Waals surface area contributed by atoms with Gasteiger partial charge in [0.25, 0.3) is 0 Å². The lowest BCUT2D eigenvalue weighted by Crippen LogP contribution is -2.12. The molecule has 2 aromatic heterocycles. The number of rotatable bonds is 7. The third kappa shape index (κ3) is 5.23. The normalized spacial score (nSPS) is 11.5. The van der Waals surface area contributed by atoms with Gasteiger partial charge in [-0.25, -0.2) is 14.4 Å². The van der Waals surface area contributed by atoms with Crippen molar-refractivity contribution < 1.29 is 9.18 Å². The number of carbonyl (C=O) groups excluding carboxylic acids is 1. The van der Waals surface area contributed by atoms with Crippen molar-refractivity contribution in [2.75, 3.05) is 16.0 Å². The van der Waals surface area contributed by atoms with E-state index in [-0.39, 0.29) is 17.8 Å². The Kier molecular flexibility index (Phi) is 6.11. The lowest BCUT2D eigenvalue weighted by Gasteiger charge is -2.17. The van der Waals surface area contributed by atoms with Crippen LogP contribution in [0.25, 0.3) is 0 Å². The fourth-order valence-electron chi connectivity index (χ4n) is 2.54. The second-order valence-electron chi connectivity index (χ2n) is 6.16. The Morgan fingerprint density at radius 2 is 1.86 bits per heavy atom. The molecule has 0 aliphatic heterocycles. The molecule has 144 valence electrons. The third-order valence-corrected chi connectivity index (χ3v) is 3.98. The SMILES string of the molecule is CCC(=O)Nc1cc(Nc2cnccn2)nc(NC(C)c2ccc(F)cc2)c1. The Morgan fingerprint density at radius 3 is 2.54 bits per heavy atom. The maximum absolute atomic E-state index is 13.2. The van der Waals surface area contributed by atoms with E-state index in [1.165, 1.54) is 12.1 Å². The van der Waals surface area contributed by atoms with E-state index in [0.29, 0.717) is 29.6 Å². The van der Waals surface area contributed by atoms with Crippen molar-refractivity contribution in [1.82, 2.24) is 15.0 Å². The van der Waals surface area contributed by atoms with Crippen LogP contribution in [0.4, 0.5) is 27.5 Å². The number of nitrogens with one attached hydrogen (secondary N) is 3. The van der Waals surface area contributed by atoms with Gasteiger partial charge in [-0.3, -0.25) is 9.78 Å². The van der Waals surface area contributed by atoms with E-state index < -0.39 is 0 Å². The highest BCUT2D eigenvalue weighted by atomic mass is 19.1. The number of pyridine rings is 1. The topological polar surface area (TPSA) is 91.8 Å². The molecule has 1 atom stereocenters. The number of amides is 1. The first-order valence-corrected chi connectivity index (χ1v) is 8.90. The van der Waals surface area contributed by atoms with Crippen molar-refractivity contribution in [2.45, 2.75) is 26.3 Å². The summed E-state index contributed by atoms with van der Waals surface area (Å²) >= 11 is 0. The molecular weight excluding hydrogens is 359 g/mol. The minimum Gasteiger partial charge on any atom is -0.363 e. The summed E-state index contributed by atoms with van der Waals surface area (Å²) in [6, 6.07) is 9.61. The number of hydrogen-bond acceptors (Lipinski definition) is 6. The van der Waals surface area contributed by atoms with Crippen LogP contribution in [0.2, 0.25) is 0 Å². The first kappa shape index (κ1) is 19.2. The van der Waals surface area contributed by atoms with E-state index in [2.05, 4.69) is 30.9 Å². The maximum atomic E-state index is 13.2. The highest BCUT2D eigenvalue weighted by Gasteiger charge is 2.10.